The predicted octanol–water partition coefficient (Wildman–Crippen LogP) is 1.82. The summed E-state index contributed by atoms with van der Waals surface area (Å²) in [6, 6.07) is 5.42. The minimum atomic E-state index is -0.757. The van der Waals surface area contributed by atoms with E-state index < -0.39 is 12.0 Å². The van der Waals surface area contributed by atoms with Crippen LogP contribution in [0.15, 0.2) is 29.0 Å². The summed E-state index contributed by atoms with van der Waals surface area (Å²) in [5.74, 6) is -0.622. The Hall–Kier alpha value is -1.88. The molecular weight excluding hydrogens is 244 g/mol. The van der Waals surface area contributed by atoms with Crippen molar-refractivity contribution in [3.05, 3.63) is 30.2 Å². The standard InChI is InChI=1S/C14H16N2O3/c17-14(18)13-10(2-1-5-15-13)6-9-3-4-12-11(7-9)16-8-19-12/h3-4,7-8,10,13,15H,1-2,5-6H2,(H,17,18). The van der Waals surface area contributed by atoms with E-state index in [1.165, 1.54) is 6.39 Å². The van der Waals surface area contributed by atoms with Crippen LogP contribution in [0.2, 0.25) is 0 Å². The second-order valence-electron chi connectivity index (χ2n) is 5.03. The average molecular weight is 260 g/mol. The van der Waals surface area contributed by atoms with Crippen LogP contribution in [0.3, 0.4) is 0 Å². The largest absolute Gasteiger partial charge is 0.480 e. The van der Waals surface area contributed by atoms with Crippen molar-refractivity contribution >= 4 is 17.1 Å². The van der Waals surface area contributed by atoms with E-state index in [4.69, 9.17) is 4.42 Å². The van der Waals surface area contributed by atoms with E-state index in [2.05, 4.69) is 10.3 Å². The van der Waals surface area contributed by atoms with Crippen LogP contribution < -0.4 is 5.32 Å². The Bertz CT molecular complexity index is 593. The number of rotatable bonds is 3. The highest BCUT2D eigenvalue weighted by atomic mass is 16.4. The molecular formula is C14H16N2O3. The quantitative estimate of drug-likeness (QED) is 0.880. The van der Waals surface area contributed by atoms with E-state index in [1.807, 2.05) is 18.2 Å². The Morgan fingerprint density at radius 3 is 3.26 bits per heavy atom. The molecule has 0 bridgehead atoms. The lowest BCUT2D eigenvalue weighted by Crippen LogP contribution is -2.47. The number of carboxylic acids is 1. The summed E-state index contributed by atoms with van der Waals surface area (Å²) in [7, 11) is 0. The maximum atomic E-state index is 11.2. The molecule has 1 aliphatic heterocycles. The minimum absolute atomic E-state index is 0.135. The van der Waals surface area contributed by atoms with Crippen LogP contribution in [0.4, 0.5) is 0 Å². The number of hydrogen-bond donors (Lipinski definition) is 2. The lowest BCUT2D eigenvalue weighted by molar-refractivity contribution is -0.141. The first kappa shape index (κ1) is 12.2. The highest BCUT2D eigenvalue weighted by Gasteiger charge is 2.30. The molecule has 1 fully saturated rings. The van der Waals surface area contributed by atoms with Crippen molar-refractivity contribution in [1.82, 2.24) is 10.3 Å². The zero-order valence-electron chi connectivity index (χ0n) is 10.5. The number of carboxylic acid groups (broad SMARTS) is 1. The number of piperidine rings is 1. The first-order chi connectivity index (χ1) is 9.24. The highest BCUT2D eigenvalue weighted by molar-refractivity contribution is 5.74. The van der Waals surface area contributed by atoms with E-state index in [-0.39, 0.29) is 5.92 Å². The molecule has 1 aromatic carbocycles. The smallest absolute Gasteiger partial charge is 0.320 e. The fourth-order valence-electron chi connectivity index (χ4n) is 2.80. The molecule has 19 heavy (non-hydrogen) atoms. The van der Waals surface area contributed by atoms with Crippen LogP contribution in [0.1, 0.15) is 18.4 Å². The van der Waals surface area contributed by atoms with Crippen LogP contribution in [0.5, 0.6) is 0 Å². The molecule has 2 atom stereocenters. The normalized spacial score (nSPS) is 23.6. The second-order valence-corrected chi connectivity index (χ2v) is 5.03. The summed E-state index contributed by atoms with van der Waals surface area (Å²) in [6.45, 7) is 0.787. The zero-order valence-corrected chi connectivity index (χ0v) is 10.5. The van der Waals surface area contributed by atoms with Gasteiger partial charge in [0.1, 0.15) is 11.6 Å². The van der Waals surface area contributed by atoms with Crippen molar-refractivity contribution in [2.75, 3.05) is 6.54 Å². The van der Waals surface area contributed by atoms with Crippen molar-refractivity contribution in [2.24, 2.45) is 5.92 Å². The highest BCUT2D eigenvalue weighted by Crippen LogP contribution is 2.23. The fourth-order valence-corrected chi connectivity index (χ4v) is 2.80. The lowest BCUT2D eigenvalue weighted by atomic mass is 9.85. The maximum absolute atomic E-state index is 11.2. The van der Waals surface area contributed by atoms with Crippen LogP contribution in [-0.2, 0) is 11.2 Å². The van der Waals surface area contributed by atoms with Crippen molar-refractivity contribution in [3.8, 4) is 0 Å². The van der Waals surface area contributed by atoms with Crippen LogP contribution in [0.25, 0.3) is 11.1 Å². The Kier molecular flexibility index (Phi) is 3.21. The summed E-state index contributed by atoms with van der Waals surface area (Å²) in [5, 5.41) is 12.3. The molecule has 3 rings (SSSR count). The second kappa shape index (κ2) is 5.01. The molecule has 0 aliphatic carbocycles. The Balaban J connectivity index is 1.80. The molecule has 1 saturated heterocycles. The van der Waals surface area contributed by atoms with Gasteiger partial charge in [-0.3, -0.25) is 4.79 Å². The summed E-state index contributed by atoms with van der Waals surface area (Å²) < 4.78 is 5.20. The number of nitrogens with one attached hydrogen (secondary N) is 1. The monoisotopic (exact) mass is 260 g/mol. The van der Waals surface area contributed by atoms with Gasteiger partial charge in [0.05, 0.1) is 0 Å². The zero-order chi connectivity index (χ0) is 13.2. The first-order valence-electron chi connectivity index (χ1n) is 6.52. The lowest BCUT2D eigenvalue weighted by Gasteiger charge is -2.29. The van der Waals surface area contributed by atoms with Crippen LogP contribution in [0, 0.1) is 5.92 Å². The molecule has 1 aliphatic rings. The number of benzene rings is 1. The third-order valence-corrected chi connectivity index (χ3v) is 3.75. The number of aliphatic carboxylic acids is 1. The molecule has 0 radical (unpaired) electrons. The third kappa shape index (κ3) is 2.46. The molecule has 2 heterocycles. The van der Waals surface area contributed by atoms with Crippen molar-refractivity contribution in [2.45, 2.75) is 25.3 Å². The van der Waals surface area contributed by atoms with Gasteiger partial charge in [0.15, 0.2) is 12.0 Å². The molecule has 5 heteroatoms. The molecule has 100 valence electrons. The van der Waals surface area contributed by atoms with Gasteiger partial charge in [-0.05, 0) is 49.4 Å². The van der Waals surface area contributed by atoms with Gasteiger partial charge in [0.25, 0.3) is 0 Å². The molecule has 0 amide bonds. The van der Waals surface area contributed by atoms with Gasteiger partial charge >= 0.3 is 5.97 Å². The Morgan fingerprint density at radius 1 is 1.53 bits per heavy atom. The van der Waals surface area contributed by atoms with Crippen LogP contribution >= 0.6 is 0 Å². The van der Waals surface area contributed by atoms with Gasteiger partial charge in [-0.15, -0.1) is 0 Å². The number of nitrogens with zero attached hydrogens (tertiary/aromatic N) is 1. The Labute approximate surface area is 110 Å². The molecule has 0 saturated carbocycles. The summed E-state index contributed by atoms with van der Waals surface area (Å²) in [6.07, 6.45) is 4.16. The number of aromatic nitrogens is 1. The molecule has 1 aromatic heterocycles. The SMILES string of the molecule is O=C(O)C1NCCCC1Cc1ccc2ocnc2c1. The fraction of sp³-hybridized carbons (Fsp3) is 0.429. The topological polar surface area (TPSA) is 75.4 Å². The predicted molar refractivity (Wildman–Crippen MR) is 69.9 cm³/mol. The number of oxazole rings is 1. The van der Waals surface area contributed by atoms with E-state index in [0.29, 0.717) is 0 Å². The Morgan fingerprint density at radius 2 is 2.42 bits per heavy atom. The summed E-state index contributed by atoms with van der Waals surface area (Å²) >= 11 is 0. The van der Waals surface area contributed by atoms with Gasteiger partial charge in [-0.2, -0.15) is 0 Å². The molecule has 0 spiro atoms. The van der Waals surface area contributed by atoms with Crippen molar-refractivity contribution in [3.63, 3.8) is 0 Å². The first-order valence-corrected chi connectivity index (χ1v) is 6.52. The van der Waals surface area contributed by atoms with Gasteiger partial charge < -0.3 is 14.8 Å². The van der Waals surface area contributed by atoms with Crippen molar-refractivity contribution < 1.29 is 14.3 Å². The minimum Gasteiger partial charge on any atom is -0.480 e. The van der Waals surface area contributed by atoms with Crippen molar-refractivity contribution in [1.29, 1.82) is 0 Å². The summed E-state index contributed by atoms with van der Waals surface area (Å²) in [5.41, 5.74) is 2.70. The average Bonchev–Trinajstić information content (AvgIpc) is 2.86. The molecule has 5 nitrogen and oxygen atoms in total. The van der Waals surface area contributed by atoms with Gasteiger partial charge in [-0.25, -0.2) is 4.98 Å². The van der Waals surface area contributed by atoms with E-state index in [1.54, 1.807) is 0 Å². The molecule has 2 unspecified atom stereocenters. The van der Waals surface area contributed by atoms with E-state index in [9.17, 15) is 9.90 Å². The van der Waals surface area contributed by atoms with Gasteiger partial charge in [0, 0.05) is 0 Å². The number of fused-ring (bicyclic) bond motifs is 1. The van der Waals surface area contributed by atoms with Crippen LogP contribution in [-0.4, -0.2) is 28.6 Å². The summed E-state index contributed by atoms with van der Waals surface area (Å²) in [4.78, 5) is 15.4. The van der Waals surface area contributed by atoms with E-state index >= 15 is 0 Å². The third-order valence-electron chi connectivity index (χ3n) is 3.75. The maximum Gasteiger partial charge on any atom is 0.320 e. The van der Waals surface area contributed by atoms with Gasteiger partial charge in [0.2, 0.25) is 0 Å². The van der Waals surface area contributed by atoms with E-state index in [0.717, 1.165) is 42.5 Å². The molecule has 2 N–H and O–H groups in total. The van der Waals surface area contributed by atoms with Gasteiger partial charge in [-0.1, -0.05) is 6.07 Å². The molecule has 2 aromatic rings. The number of hydrogen-bond acceptors (Lipinski definition) is 4. The number of carbonyl (C=O) groups is 1.